The zero-order chi connectivity index (χ0) is 15.4. The van der Waals surface area contributed by atoms with E-state index in [2.05, 4.69) is 10.3 Å². The molecule has 0 atom stereocenters. The van der Waals surface area contributed by atoms with Gasteiger partial charge in [-0.3, -0.25) is 4.79 Å². The number of carbonyl (C=O) groups is 2. The number of aromatic nitrogens is 1. The van der Waals surface area contributed by atoms with Crippen molar-refractivity contribution < 1.29 is 14.7 Å². The van der Waals surface area contributed by atoms with E-state index in [4.69, 9.17) is 5.11 Å². The van der Waals surface area contributed by atoms with E-state index in [0.717, 1.165) is 16.7 Å². The van der Waals surface area contributed by atoms with Gasteiger partial charge >= 0.3 is 5.97 Å². The van der Waals surface area contributed by atoms with Gasteiger partial charge in [0.25, 0.3) is 5.91 Å². The normalized spacial score (nSPS) is 10.2. The molecule has 2 N–H and O–H groups in total. The summed E-state index contributed by atoms with van der Waals surface area (Å²) in [6.07, 6.45) is 1.45. The number of nitrogens with zero attached hydrogens (tertiary/aromatic N) is 1. The average molecular weight is 284 g/mol. The van der Waals surface area contributed by atoms with Crippen molar-refractivity contribution in [3.63, 3.8) is 0 Å². The molecule has 0 aliphatic rings. The lowest BCUT2D eigenvalue weighted by Crippen LogP contribution is -2.23. The molecule has 1 aromatic carbocycles. The molecule has 5 nitrogen and oxygen atoms in total. The number of carbonyl (C=O) groups excluding carboxylic acids is 1. The highest BCUT2D eigenvalue weighted by Gasteiger charge is 2.07. The number of carboxylic acids is 1. The van der Waals surface area contributed by atoms with Crippen LogP contribution in [0, 0.1) is 13.8 Å². The summed E-state index contributed by atoms with van der Waals surface area (Å²) in [5.74, 6) is -1.23. The molecule has 2 aromatic rings. The third-order valence-electron chi connectivity index (χ3n) is 2.98. The summed E-state index contributed by atoms with van der Waals surface area (Å²) in [6.45, 7) is 4.19. The summed E-state index contributed by atoms with van der Waals surface area (Å²) < 4.78 is 0. The van der Waals surface area contributed by atoms with Crippen molar-refractivity contribution in [1.29, 1.82) is 0 Å². The van der Waals surface area contributed by atoms with Gasteiger partial charge in [0.15, 0.2) is 0 Å². The van der Waals surface area contributed by atoms with E-state index in [0.29, 0.717) is 12.1 Å². The fraction of sp³-hybridized carbons (Fsp3) is 0.188. The van der Waals surface area contributed by atoms with E-state index >= 15 is 0 Å². The van der Waals surface area contributed by atoms with Crippen LogP contribution in [0.15, 0.2) is 36.5 Å². The largest absolute Gasteiger partial charge is 0.477 e. The minimum Gasteiger partial charge on any atom is -0.477 e. The third-order valence-corrected chi connectivity index (χ3v) is 2.98. The lowest BCUT2D eigenvalue weighted by atomic mass is 10.1. The number of benzene rings is 1. The second-order valence-corrected chi connectivity index (χ2v) is 4.92. The van der Waals surface area contributed by atoms with Gasteiger partial charge in [-0.2, -0.15) is 0 Å². The molecule has 21 heavy (non-hydrogen) atoms. The second kappa shape index (κ2) is 6.17. The van der Waals surface area contributed by atoms with Crippen molar-refractivity contribution in [1.82, 2.24) is 10.3 Å². The lowest BCUT2D eigenvalue weighted by Gasteiger charge is -2.07. The van der Waals surface area contributed by atoms with Crippen LogP contribution in [-0.2, 0) is 6.54 Å². The number of hydrogen-bond acceptors (Lipinski definition) is 3. The number of nitrogens with one attached hydrogen (secondary N) is 1. The van der Waals surface area contributed by atoms with Crippen LogP contribution in [0.5, 0.6) is 0 Å². The zero-order valence-corrected chi connectivity index (χ0v) is 11.9. The molecule has 2 rings (SSSR count). The molecule has 0 unspecified atom stereocenters. The van der Waals surface area contributed by atoms with E-state index in [9.17, 15) is 9.59 Å². The fourth-order valence-corrected chi connectivity index (χ4v) is 2.05. The lowest BCUT2D eigenvalue weighted by molar-refractivity contribution is 0.0690. The van der Waals surface area contributed by atoms with Crippen molar-refractivity contribution in [2.24, 2.45) is 0 Å². The van der Waals surface area contributed by atoms with Crippen LogP contribution in [0.3, 0.4) is 0 Å². The van der Waals surface area contributed by atoms with Gasteiger partial charge in [-0.15, -0.1) is 0 Å². The van der Waals surface area contributed by atoms with Crippen LogP contribution >= 0.6 is 0 Å². The molecule has 5 heteroatoms. The minimum absolute atomic E-state index is 0.0145. The monoisotopic (exact) mass is 284 g/mol. The molecular weight excluding hydrogens is 268 g/mol. The van der Waals surface area contributed by atoms with E-state index in [-0.39, 0.29) is 11.6 Å². The zero-order valence-electron chi connectivity index (χ0n) is 11.9. The number of pyridine rings is 1. The van der Waals surface area contributed by atoms with Gasteiger partial charge in [-0.25, -0.2) is 9.78 Å². The highest BCUT2D eigenvalue weighted by Crippen LogP contribution is 2.09. The average Bonchev–Trinajstić information content (AvgIpc) is 2.44. The molecule has 1 amide bonds. The van der Waals surface area contributed by atoms with Gasteiger partial charge in [0.05, 0.1) is 0 Å². The number of aryl methyl sites for hydroxylation is 2. The van der Waals surface area contributed by atoms with Gasteiger partial charge in [0, 0.05) is 18.3 Å². The van der Waals surface area contributed by atoms with Crippen molar-refractivity contribution in [2.45, 2.75) is 20.4 Å². The molecule has 0 aliphatic heterocycles. The second-order valence-electron chi connectivity index (χ2n) is 4.92. The van der Waals surface area contributed by atoms with Crippen LogP contribution in [0.25, 0.3) is 0 Å². The summed E-state index contributed by atoms with van der Waals surface area (Å²) in [7, 11) is 0. The highest BCUT2D eigenvalue weighted by molar-refractivity contribution is 5.94. The van der Waals surface area contributed by atoms with Crippen molar-refractivity contribution in [2.75, 3.05) is 0 Å². The summed E-state index contributed by atoms with van der Waals surface area (Å²) >= 11 is 0. The first-order chi connectivity index (χ1) is 9.95. The fourth-order valence-electron chi connectivity index (χ4n) is 2.05. The van der Waals surface area contributed by atoms with Gasteiger partial charge in [0.1, 0.15) is 5.69 Å². The van der Waals surface area contributed by atoms with Crippen LogP contribution < -0.4 is 5.32 Å². The van der Waals surface area contributed by atoms with Gasteiger partial charge < -0.3 is 10.4 Å². The van der Waals surface area contributed by atoms with Crippen LogP contribution in [-0.4, -0.2) is 22.0 Å². The number of rotatable bonds is 4. The molecule has 1 aromatic heterocycles. The highest BCUT2D eigenvalue weighted by atomic mass is 16.4. The van der Waals surface area contributed by atoms with Crippen molar-refractivity contribution in [3.05, 3.63) is 64.5 Å². The maximum atomic E-state index is 12.1. The first-order valence-corrected chi connectivity index (χ1v) is 6.50. The Morgan fingerprint density at radius 3 is 2.33 bits per heavy atom. The molecule has 108 valence electrons. The van der Waals surface area contributed by atoms with E-state index < -0.39 is 5.97 Å². The van der Waals surface area contributed by atoms with Gasteiger partial charge in [-0.1, -0.05) is 23.3 Å². The number of hydrogen-bond donors (Lipinski definition) is 2. The molecule has 0 radical (unpaired) electrons. The van der Waals surface area contributed by atoms with Crippen LogP contribution in [0.2, 0.25) is 0 Å². The Kier molecular flexibility index (Phi) is 4.33. The Bertz CT molecular complexity index is 658. The maximum Gasteiger partial charge on any atom is 0.354 e. The van der Waals surface area contributed by atoms with E-state index in [1.807, 2.05) is 32.0 Å². The predicted octanol–water partition coefficient (Wildman–Crippen LogP) is 2.33. The summed E-state index contributed by atoms with van der Waals surface area (Å²) in [5.41, 5.74) is 3.42. The molecule has 0 spiro atoms. The Labute approximate surface area is 122 Å². The van der Waals surface area contributed by atoms with Crippen LogP contribution in [0.1, 0.15) is 37.5 Å². The molecular formula is C16H16N2O3. The Morgan fingerprint density at radius 1 is 1.14 bits per heavy atom. The van der Waals surface area contributed by atoms with Gasteiger partial charge in [0.2, 0.25) is 0 Å². The number of amides is 1. The predicted molar refractivity (Wildman–Crippen MR) is 78.3 cm³/mol. The minimum atomic E-state index is -1.07. The van der Waals surface area contributed by atoms with E-state index in [1.54, 1.807) is 6.07 Å². The summed E-state index contributed by atoms with van der Waals surface area (Å²) in [4.78, 5) is 26.6. The topological polar surface area (TPSA) is 79.3 Å². The Balaban J connectivity index is 2.02. The summed E-state index contributed by atoms with van der Waals surface area (Å²) in [6, 6.07) is 8.71. The molecule has 0 saturated heterocycles. The maximum absolute atomic E-state index is 12.1. The quantitative estimate of drug-likeness (QED) is 0.903. The smallest absolute Gasteiger partial charge is 0.354 e. The summed E-state index contributed by atoms with van der Waals surface area (Å²) in [5, 5.41) is 11.6. The molecule has 1 heterocycles. The molecule has 0 saturated carbocycles. The molecule has 0 aliphatic carbocycles. The number of carboxylic acid groups (broad SMARTS) is 1. The standard InChI is InChI=1S/C16H16N2O3/c1-10-5-11(2)7-13(6-10)15(19)18-9-12-3-4-14(16(20)21)17-8-12/h3-8H,9H2,1-2H3,(H,18,19)(H,20,21). The Hall–Kier alpha value is -2.69. The third kappa shape index (κ3) is 3.89. The number of aromatic carboxylic acids is 1. The Morgan fingerprint density at radius 2 is 1.81 bits per heavy atom. The molecule has 0 fully saturated rings. The van der Waals surface area contributed by atoms with Gasteiger partial charge in [-0.05, 0) is 37.6 Å². The first kappa shape index (κ1) is 14.7. The first-order valence-electron chi connectivity index (χ1n) is 6.50. The molecule has 0 bridgehead atoms. The SMILES string of the molecule is Cc1cc(C)cc(C(=O)NCc2ccc(C(=O)O)nc2)c1. The van der Waals surface area contributed by atoms with Crippen molar-refractivity contribution in [3.8, 4) is 0 Å². The van der Waals surface area contributed by atoms with Crippen LogP contribution in [0.4, 0.5) is 0 Å². The van der Waals surface area contributed by atoms with E-state index in [1.165, 1.54) is 12.3 Å². The van der Waals surface area contributed by atoms with Crippen molar-refractivity contribution >= 4 is 11.9 Å².